The Morgan fingerprint density at radius 3 is 2.16 bits per heavy atom. The topological polar surface area (TPSA) is 48.9 Å². The van der Waals surface area contributed by atoms with Crippen molar-refractivity contribution in [2.45, 2.75) is 52.0 Å². The zero-order valence-electron chi connectivity index (χ0n) is 26.1. The summed E-state index contributed by atoms with van der Waals surface area (Å²) < 4.78 is 45.6. The predicted octanol–water partition coefficient (Wildman–Crippen LogP) is 7.63. The summed E-state index contributed by atoms with van der Waals surface area (Å²) in [6.45, 7) is 10.3. The van der Waals surface area contributed by atoms with Crippen LogP contribution in [-0.4, -0.2) is 54.0 Å². The number of nitrogens with zero attached hydrogens (tertiary/aromatic N) is 4. The summed E-state index contributed by atoms with van der Waals surface area (Å²) in [5.74, 6) is 0.702. The number of piperazine rings is 1. The Hall–Kier alpha value is -3.89. The Morgan fingerprint density at radius 1 is 0.867 bits per heavy atom. The molecule has 0 atom stereocenters. The predicted molar refractivity (Wildman–Crippen MR) is 173 cm³/mol. The summed E-state index contributed by atoms with van der Waals surface area (Å²) in [6.07, 6.45) is -4.41. The molecule has 5 rings (SSSR count). The van der Waals surface area contributed by atoms with Crippen LogP contribution in [0.1, 0.15) is 58.5 Å². The third-order valence-electron chi connectivity index (χ3n) is 8.02. The smallest absolute Gasteiger partial charge is 0.416 e. The maximum absolute atomic E-state index is 13.4. The summed E-state index contributed by atoms with van der Waals surface area (Å²) in [7, 11) is 1.64. The van der Waals surface area contributed by atoms with Crippen molar-refractivity contribution in [1.29, 1.82) is 0 Å². The second-order valence-corrected chi connectivity index (χ2v) is 13.3. The first kappa shape index (κ1) is 32.5. The number of alkyl halides is 3. The van der Waals surface area contributed by atoms with Gasteiger partial charge in [-0.05, 0) is 52.4 Å². The normalized spacial score (nSPS) is 14.2. The molecule has 0 spiro atoms. The van der Waals surface area contributed by atoms with Crippen molar-refractivity contribution in [3.8, 4) is 5.75 Å². The lowest BCUT2D eigenvalue weighted by molar-refractivity contribution is -0.137. The van der Waals surface area contributed by atoms with Crippen molar-refractivity contribution in [3.05, 3.63) is 111 Å². The summed E-state index contributed by atoms with van der Waals surface area (Å²) in [5.41, 5.74) is 3.68. The van der Waals surface area contributed by atoms with Crippen molar-refractivity contribution in [1.82, 2.24) is 14.8 Å². The zero-order valence-corrected chi connectivity index (χ0v) is 26.9. The Balaban J connectivity index is 1.27. The Kier molecular flexibility index (Phi) is 9.84. The summed E-state index contributed by atoms with van der Waals surface area (Å²) >= 11 is 1.40. The molecule has 6 nitrogen and oxygen atoms in total. The fourth-order valence-corrected chi connectivity index (χ4v) is 6.25. The molecular weight excluding hydrogens is 597 g/mol. The van der Waals surface area contributed by atoms with Crippen LogP contribution in [0, 0.1) is 0 Å². The third-order valence-corrected chi connectivity index (χ3v) is 8.85. The van der Waals surface area contributed by atoms with Crippen LogP contribution in [0.4, 0.5) is 18.9 Å². The molecule has 1 aliphatic rings. The third kappa shape index (κ3) is 8.43. The molecule has 238 valence electrons. The minimum Gasteiger partial charge on any atom is -0.497 e. The second-order valence-electron chi connectivity index (χ2n) is 12.4. The van der Waals surface area contributed by atoms with E-state index in [-0.39, 0.29) is 11.3 Å². The fraction of sp³-hybridized carbons (Fsp3) is 0.371. The molecule has 0 saturated carbocycles. The van der Waals surface area contributed by atoms with Crippen LogP contribution in [0.15, 0.2) is 78.2 Å². The number of halogens is 3. The molecule has 45 heavy (non-hydrogen) atoms. The minimum atomic E-state index is -4.41. The number of rotatable bonds is 9. The van der Waals surface area contributed by atoms with Crippen LogP contribution in [-0.2, 0) is 31.2 Å². The highest BCUT2D eigenvalue weighted by Gasteiger charge is 2.30. The standard InChI is InChI=1S/C35H39F3N4O2S/c1-34(2,3)27-10-8-25(9-11-27)21-40(22-26-6-5-7-28(20-26)35(36,37)38)23-32-39-31(24-45-32)33(43)42-18-16-41(17-19-42)29-12-14-30(44-4)15-13-29/h5-15,20,24H,16-19,21-23H2,1-4H3. The molecule has 1 amide bonds. The Bertz CT molecular complexity index is 1570. The first-order chi connectivity index (χ1) is 21.4. The highest BCUT2D eigenvalue weighted by molar-refractivity contribution is 7.09. The molecule has 1 aromatic heterocycles. The van der Waals surface area contributed by atoms with Gasteiger partial charge in [0.05, 0.1) is 19.2 Å². The van der Waals surface area contributed by atoms with Crippen LogP contribution < -0.4 is 9.64 Å². The van der Waals surface area contributed by atoms with Crippen molar-refractivity contribution in [2.24, 2.45) is 0 Å². The van der Waals surface area contributed by atoms with Crippen molar-refractivity contribution < 1.29 is 22.7 Å². The van der Waals surface area contributed by atoms with Gasteiger partial charge in [0.25, 0.3) is 5.91 Å². The van der Waals surface area contributed by atoms with Gasteiger partial charge in [0.15, 0.2) is 0 Å². The number of hydrogen-bond donors (Lipinski definition) is 0. The Labute approximate surface area is 267 Å². The van der Waals surface area contributed by atoms with Gasteiger partial charge >= 0.3 is 6.18 Å². The van der Waals surface area contributed by atoms with E-state index in [1.807, 2.05) is 29.2 Å². The minimum absolute atomic E-state index is 0.0163. The molecule has 0 N–H and O–H groups in total. The van der Waals surface area contributed by atoms with Crippen molar-refractivity contribution >= 4 is 22.9 Å². The number of carbonyl (C=O) groups excluding carboxylic acids is 1. The van der Waals surface area contributed by atoms with Crippen LogP contribution >= 0.6 is 11.3 Å². The monoisotopic (exact) mass is 636 g/mol. The number of anilines is 1. The average molecular weight is 637 g/mol. The molecule has 2 heterocycles. The van der Waals surface area contributed by atoms with Gasteiger partial charge < -0.3 is 14.5 Å². The van der Waals surface area contributed by atoms with E-state index in [4.69, 9.17) is 4.74 Å². The maximum Gasteiger partial charge on any atom is 0.416 e. The quantitative estimate of drug-likeness (QED) is 0.189. The Morgan fingerprint density at radius 2 is 1.53 bits per heavy atom. The molecule has 10 heteroatoms. The van der Waals surface area contributed by atoms with Gasteiger partial charge in [-0.15, -0.1) is 11.3 Å². The SMILES string of the molecule is COc1ccc(N2CCN(C(=O)c3csc(CN(Cc4ccc(C(C)(C)C)cc4)Cc4cccc(C(F)(F)F)c4)n3)CC2)cc1. The van der Waals surface area contributed by atoms with Gasteiger partial charge in [0.1, 0.15) is 16.5 Å². The second kappa shape index (κ2) is 13.6. The van der Waals surface area contributed by atoms with Gasteiger partial charge in [0, 0.05) is 50.3 Å². The molecule has 0 radical (unpaired) electrons. The average Bonchev–Trinajstić information content (AvgIpc) is 3.49. The largest absolute Gasteiger partial charge is 0.497 e. The number of thiazole rings is 1. The first-order valence-corrected chi connectivity index (χ1v) is 15.9. The number of carbonyl (C=O) groups is 1. The maximum atomic E-state index is 13.4. The first-order valence-electron chi connectivity index (χ1n) is 15.0. The molecular formula is C35H39F3N4O2S. The molecule has 4 aromatic rings. The van der Waals surface area contributed by atoms with E-state index in [1.54, 1.807) is 18.6 Å². The van der Waals surface area contributed by atoms with Gasteiger partial charge in [-0.1, -0.05) is 63.2 Å². The van der Waals surface area contributed by atoms with Crippen molar-refractivity contribution in [2.75, 3.05) is 38.2 Å². The van der Waals surface area contributed by atoms with E-state index in [0.29, 0.717) is 57.1 Å². The molecule has 1 fully saturated rings. The molecule has 1 aliphatic heterocycles. The van der Waals surface area contributed by atoms with E-state index in [1.165, 1.54) is 29.0 Å². The van der Waals surface area contributed by atoms with E-state index in [2.05, 4.69) is 59.8 Å². The van der Waals surface area contributed by atoms with E-state index < -0.39 is 11.7 Å². The lowest BCUT2D eigenvalue weighted by atomic mass is 9.87. The van der Waals surface area contributed by atoms with Gasteiger partial charge in [0.2, 0.25) is 0 Å². The molecule has 0 aliphatic carbocycles. The van der Waals surface area contributed by atoms with Gasteiger partial charge in [-0.2, -0.15) is 13.2 Å². The van der Waals surface area contributed by atoms with E-state index >= 15 is 0 Å². The number of amides is 1. The van der Waals surface area contributed by atoms with Gasteiger partial charge in [-0.25, -0.2) is 4.98 Å². The van der Waals surface area contributed by atoms with Gasteiger partial charge in [-0.3, -0.25) is 9.69 Å². The molecule has 3 aromatic carbocycles. The number of methoxy groups -OCH3 is 1. The number of aromatic nitrogens is 1. The highest BCUT2D eigenvalue weighted by atomic mass is 32.1. The van der Waals surface area contributed by atoms with Crippen LogP contribution in [0.25, 0.3) is 0 Å². The van der Waals surface area contributed by atoms with Crippen LogP contribution in [0.5, 0.6) is 5.75 Å². The number of hydrogen-bond acceptors (Lipinski definition) is 6. The molecule has 1 saturated heterocycles. The molecule has 0 bridgehead atoms. The van der Waals surface area contributed by atoms with E-state index in [0.717, 1.165) is 28.1 Å². The van der Waals surface area contributed by atoms with E-state index in [9.17, 15) is 18.0 Å². The summed E-state index contributed by atoms with van der Waals surface area (Å²) in [5, 5.41) is 2.53. The summed E-state index contributed by atoms with van der Waals surface area (Å²) in [4.78, 5) is 24.2. The highest BCUT2D eigenvalue weighted by Crippen LogP contribution is 2.30. The van der Waals surface area contributed by atoms with Crippen LogP contribution in [0.2, 0.25) is 0 Å². The lowest BCUT2D eigenvalue weighted by Crippen LogP contribution is -2.48. The zero-order chi connectivity index (χ0) is 32.2. The number of ether oxygens (including phenoxy) is 1. The number of benzene rings is 3. The fourth-order valence-electron chi connectivity index (χ4n) is 5.44. The van der Waals surface area contributed by atoms with Crippen LogP contribution in [0.3, 0.4) is 0 Å². The van der Waals surface area contributed by atoms with Crippen molar-refractivity contribution in [3.63, 3.8) is 0 Å². The lowest BCUT2D eigenvalue weighted by Gasteiger charge is -2.35. The summed E-state index contributed by atoms with van der Waals surface area (Å²) in [6, 6.07) is 21.7. The molecule has 0 unspecified atom stereocenters.